The monoisotopic (exact) mass is 261 g/mol. The fraction of sp³-hybridized carbons (Fsp3) is 0.533. The molecule has 0 radical (unpaired) electrons. The number of hydrogen-bond acceptors (Lipinski definition) is 3. The van der Waals surface area contributed by atoms with Gasteiger partial charge in [0.15, 0.2) is 0 Å². The van der Waals surface area contributed by atoms with Gasteiger partial charge in [-0.15, -0.1) is 0 Å². The number of carbonyl (C=O) groups is 1. The molecule has 1 atom stereocenters. The molecule has 1 fully saturated rings. The maximum absolute atomic E-state index is 12.6. The Hall–Kier alpha value is -1.39. The number of amides is 1. The van der Waals surface area contributed by atoms with Crippen molar-refractivity contribution in [2.24, 2.45) is 0 Å². The molecule has 1 heterocycles. The lowest BCUT2D eigenvalue weighted by atomic mass is 10.1. The minimum atomic E-state index is -0.0973. The van der Waals surface area contributed by atoms with E-state index in [1.54, 1.807) is 0 Å². The van der Waals surface area contributed by atoms with Gasteiger partial charge in [0.2, 0.25) is 5.91 Å². The number of nitrogens with zero attached hydrogens (tertiary/aromatic N) is 1. The van der Waals surface area contributed by atoms with Crippen molar-refractivity contribution in [3.63, 3.8) is 0 Å². The second-order valence-corrected chi connectivity index (χ2v) is 5.26. The standard InChI is InChI=1S/C15H23N3O/c1-12(2)18(11-13-6-4-3-5-7-13)15(19)14-10-16-8-9-17-14/h3-7,12,14,16-17H,8-11H2,1-2H3. The highest BCUT2D eigenvalue weighted by atomic mass is 16.2. The summed E-state index contributed by atoms with van der Waals surface area (Å²) in [5.41, 5.74) is 1.17. The third-order valence-electron chi connectivity index (χ3n) is 3.44. The van der Waals surface area contributed by atoms with Crippen molar-refractivity contribution in [2.45, 2.75) is 32.5 Å². The van der Waals surface area contributed by atoms with E-state index in [0.717, 1.165) is 19.6 Å². The van der Waals surface area contributed by atoms with Crippen LogP contribution in [0.15, 0.2) is 30.3 Å². The summed E-state index contributed by atoms with van der Waals surface area (Å²) >= 11 is 0. The van der Waals surface area contributed by atoms with Gasteiger partial charge < -0.3 is 15.5 Å². The predicted octanol–water partition coefficient (Wildman–Crippen LogP) is 0.985. The first-order valence-electron chi connectivity index (χ1n) is 6.97. The number of carbonyl (C=O) groups excluding carboxylic acids is 1. The number of benzene rings is 1. The first-order chi connectivity index (χ1) is 9.18. The van der Waals surface area contributed by atoms with Crippen molar-refractivity contribution in [3.05, 3.63) is 35.9 Å². The topological polar surface area (TPSA) is 44.4 Å². The zero-order chi connectivity index (χ0) is 13.7. The number of hydrogen-bond donors (Lipinski definition) is 2. The molecule has 1 saturated heterocycles. The molecule has 4 heteroatoms. The van der Waals surface area contributed by atoms with Gasteiger partial charge in [0, 0.05) is 32.2 Å². The van der Waals surface area contributed by atoms with Crippen LogP contribution >= 0.6 is 0 Å². The van der Waals surface area contributed by atoms with Gasteiger partial charge in [-0.2, -0.15) is 0 Å². The van der Waals surface area contributed by atoms with E-state index in [2.05, 4.69) is 36.6 Å². The van der Waals surface area contributed by atoms with Crippen LogP contribution in [-0.4, -0.2) is 42.5 Å². The normalized spacial score (nSPS) is 19.4. The van der Waals surface area contributed by atoms with Crippen molar-refractivity contribution in [3.8, 4) is 0 Å². The average molecular weight is 261 g/mol. The van der Waals surface area contributed by atoms with E-state index in [-0.39, 0.29) is 18.0 Å². The van der Waals surface area contributed by atoms with E-state index in [9.17, 15) is 4.79 Å². The average Bonchev–Trinajstić information content (AvgIpc) is 2.46. The Kier molecular flexibility index (Phi) is 4.93. The highest BCUT2D eigenvalue weighted by Crippen LogP contribution is 2.10. The van der Waals surface area contributed by atoms with E-state index >= 15 is 0 Å². The lowest BCUT2D eigenvalue weighted by Gasteiger charge is -2.33. The molecule has 0 bridgehead atoms. The van der Waals surface area contributed by atoms with Gasteiger partial charge >= 0.3 is 0 Å². The molecule has 1 aromatic rings. The second-order valence-electron chi connectivity index (χ2n) is 5.26. The number of nitrogens with one attached hydrogen (secondary N) is 2. The lowest BCUT2D eigenvalue weighted by molar-refractivity contribution is -0.136. The van der Waals surface area contributed by atoms with E-state index in [4.69, 9.17) is 0 Å². The van der Waals surface area contributed by atoms with Crippen molar-refractivity contribution in [2.75, 3.05) is 19.6 Å². The molecular weight excluding hydrogens is 238 g/mol. The Morgan fingerprint density at radius 2 is 2.05 bits per heavy atom. The van der Waals surface area contributed by atoms with Crippen LogP contribution in [0.1, 0.15) is 19.4 Å². The maximum atomic E-state index is 12.6. The summed E-state index contributed by atoms with van der Waals surface area (Å²) in [5, 5.41) is 6.55. The van der Waals surface area contributed by atoms with Crippen LogP contribution < -0.4 is 10.6 Å². The van der Waals surface area contributed by atoms with Crippen LogP contribution in [0.5, 0.6) is 0 Å². The summed E-state index contributed by atoms with van der Waals surface area (Å²) in [7, 11) is 0. The molecule has 104 valence electrons. The zero-order valence-electron chi connectivity index (χ0n) is 11.7. The van der Waals surface area contributed by atoms with Crippen LogP contribution in [0, 0.1) is 0 Å². The van der Waals surface area contributed by atoms with E-state index < -0.39 is 0 Å². The highest BCUT2D eigenvalue weighted by Gasteiger charge is 2.27. The molecule has 1 aliphatic heterocycles. The first-order valence-corrected chi connectivity index (χ1v) is 6.97. The fourth-order valence-electron chi connectivity index (χ4n) is 2.32. The molecule has 4 nitrogen and oxygen atoms in total. The third-order valence-corrected chi connectivity index (χ3v) is 3.44. The minimum absolute atomic E-state index is 0.0973. The lowest BCUT2D eigenvalue weighted by Crippen LogP contribution is -2.57. The summed E-state index contributed by atoms with van der Waals surface area (Å²) in [6.07, 6.45) is 0. The SMILES string of the molecule is CC(C)N(Cc1ccccc1)C(=O)C1CNCCN1. The molecule has 0 spiro atoms. The smallest absolute Gasteiger partial charge is 0.241 e. The number of piperazine rings is 1. The van der Waals surface area contributed by atoms with E-state index in [1.807, 2.05) is 23.1 Å². The second kappa shape index (κ2) is 6.68. The minimum Gasteiger partial charge on any atom is -0.335 e. The Balaban J connectivity index is 2.04. The number of rotatable bonds is 4. The molecule has 0 aromatic heterocycles. The molecule has 0 saturated carbocycles. The Labute approximate surface area is 115 Å². The van der Waals surface area contributed by atoms with Crippen LogP contribution in [0.2, 0.25) is 0 Å². The maximum Gasteiger partial charge on any atom is 0.241 e. The molecule has 2 rings (SSSR count). The molecule has 1 aromatic carbocycles. The molecule has 1 aliphatic rings. The Bertz CT molecular complexity index is 399. The summed E-state index contributed by atoms with van der Waals surface area (Å²) < 4.78 is 0. The van der Waals surface area contributed by atoms with Crippen LogP contribution in [-0.2, 0) is 11.3 Å². The third kappa shape index (κ3) is 3.78. The fourth-order valence-corrected chi connectivity index (χ4v) is 2.32. The van der Waals surface area contributed by atoms with E-state index in [1.165, 1.54) is 5.56 Å². The largest absolute Gasteiger partial charge is 0.335 e. The van der Waals surface area contributed by atoms with Gasteiger partial charge in [-0.3, -0.25) is 4.79 Å². The van der Waals surface area contributed by atoms with Crippen molar-refractivity contribution < 1.29 is 4.79 Å². The van der Waals surface area contributed by atoms with Crippen LogP contribution in [0.3, 0.4) is 0 Å². The van der Waals surface area contributed by atoms with Gasteiger partial charge in [0.05, 0.1) is 6.04 Å². The van der Waals surface area contributed by atoms with Gasteiger partial charge in [-0.1, -0.05) is 30.3 Å². The first kappa shape index (κ1) is 14.0. The quantitative estimate of drug-likeness (QED) is 0.849. The molecule has 2 N–H and O–H groups in total. The molecule has 0 aliphatic carbocycles. The Morgan fingerprint density at radius 3 is 2.63 bits per heavy atom. The van der Waals surface area contributed by atoms with E-state index in [0.29, 0.717) is 6.54 Å². The van der Waals surface area contributed by atoms with Gasteiger partial charge in [-0.25, -0.2) is 0 Å². The van der Waals surface area contributed by atoms with Crippen LogP contribution in [0.4, 0.5) is 0 Å². The van der Waals surface area contributed by atoms with Gasteiger partial charge in [0.25, 0.3) is 0 Å². The van der Waals surface area contributed by atoms with Gasteiger partial charge in [0.1, 0.15) is 0 Å². The summed E-state index contributed by atoms with van der Waals surface area (Å²) in [5.74, 6) is 0.186. The van der Waals surface area contributed by atoms with Gasteiger partial charge in [-0.05, 0) is 19.4 Å². The summed E-state index contributed by atoms with van der Waals surface area (Å²) in [4.78, 5) is 14.5. The molecular formula is C15H23N3O. The van der Waals surface area contributed by atoms with Crippen molar-refractivity contribution in [1.82, 2.24) is 15.5 Å². The predicted molar refractivity (Wildman–Crippen MR) is 76.8 cm³/mol. The van der Waals surface area contributed by atoms with Crippen LogP contribution in [0.25, 0.3) is 0 Å². The molecule has 19 heavy (non-hydrogen) atoms. The van der Waals surface area contributed by atoms with Crippen molar-refractivity contribution >= 4 is 5.91 Å². The zero-order valence-corrected chi connectivity index (χ0v) is 11.7. The summed E-state index contributed by atoms with van der Waals surface area (Å²) in [6, 6.07) is 10.3. The molecule has 1 amide bonds. The molecule has 1 unspecified atom stereocenters. The van der Waals surface area contributed by atoms with Crippen molar-refractivity contribution in [1.29, 1.82) is 0 Å². The Morgan fingerprint density at radius 1 is 1.32 bits per heavy atom. The highest BCUT2D eigenvalue weighted by molar-refractivity contribution is 5.82. The summed E-state index contributed by atoms with van der Waals surface area (Å²) in [6.45, 7) is 7.32.